The predicted molar refractivity (Wildman–Crippen MR) is 125 cm³/mol. The van der Waals surface area contributed by atoms with Crippen LogP contribution in [-0.4, -0.2) is 21.7 Å². The molecule has 8 nitrogen and oxygen atoms in total. The van der Waals surface area contributed by atoms with Crippen LogP contribution in [0.2, 0.25) is 5.02 Å². The number of hydrogen-bond donors (Lipinski definition) is 4. The van der Waals surface area contributed by atoms with Gasteiger partial charge in [-0.3, -0.25) is 4.79 Å². The van der Waals surface area contributed by atoms with Gasteiger partial charge in [0.15, 0.2) is 0 Å². The van der Waals surface area contributed by atoms with Crippen molar-refractivity contribution in [1.82, 2.24) is 9.78 Å². The molecule has 180 valence electrons. The first kappa shape index (κ1) is 24.9. The maximum Gasteiger partial charge on any atom is 0.416 e. The second kappa shape index (κ2) is 8.90. The molecule has 3 rings (SSSR count). The van der Waals surface area contributed by atoms with Crippen LogP contribution in [0.3, 0.4) is 0 Å². The number of carbonyl (C=O) groups is 2. The molecular weight excluding hydrogens is 473 g/mol. The summed E-state index contributed by atoms with van der Waals surface area (Å²) in [5, 5.41) is 9.18. The highest BCUT2D eigenvalue weighted by atomic mass is 35.5. The van der Waals surface area contributed by atoms with Crippen molar-refractivity contribution in [1.29, 1.82) is 0 Å². The van der Waals surface area contributed by atoms with Crippen LogP contribution < -0.4 is 22.1 Å². The van der Waals surface area contributed by atoms with Gasteiger partial charge < -0.3 is 22.1 Å². The number of urea groups is 1. The second-order valence-corrected chi connectivity index (χ2v) is 8.81. The number of benzene rings is 2. The van der Waals surface area contributed by atoms with Crippen LogP contribution in [0.1, 0.15) is 36.7 Å². The number of nitrogens with one attached hydrogen (secondary N) is 2. The summed E-state index contributed by atoms with van der Waals surface area (Å²) in [6, 6.07) is 8.05. The van der Waals surface area contributed by atoms with Crippen LogP contribution in [0.25, 0.3) is 11.3 Å². The molecule has 0 aliphatic rings. The van der Waals surface area contributed by atoms with Gasteiger partial charge in [-0.2, -0.15) is 18.3 Å². The van der Waals surface area contributed by atoms with Gasteiger partial charge in [-0.1, -0.05) is 23.7 Å². The van der Waals surface area contributed by atoms with Crippen molar-refractivity contribution < 1.29 is 22.8 Å². The zero-order chi connectivity index (χ0) is 25.4. The number of aromatic nitrogens is 2. The standard InChI is InChI=1S/C22H22ClF3N6O2/c1-21(2,3)32-18(27)16(19(28)33)17(31-32)11-4-7-13(8-5-11)29-20(34)30-15-10-12(22(24,25)26)6-9-14(15)23/h4-10H,27H2,1-3H3,(H2,28,33)(H2,29,30,34). The predicted octanol–water partition coefficient (Wildman–Crippen LogP) is 5.30. The van der Waals surface area contributed by atoms with Gasteiger partial charge in [0.25, 0.3) is 5.91 Å². The highest BCUT2D eigenvalue weighted by Crippen LogP contribution is 2.34. The number of nitrogens with zero attached hydrogens (tertiary/aromatic N) is 2. The Kier molecular flexibility index (Phi) is 6.52. The molecule has 0 saturated heterocycles. The largest absolute Gasteiger partial charge is 0.416 e. The van der Waals surface area contributed by atoms with E-state index in [9.17, 15) is 22.8 Å². The third kappa shape index (κ3) is 5.25. The quantitative estimate of drug-likeness (QED) is 0.392. The molecule has 1 aromatic heterocycles. The Bertz CT molecular complexity index is 1250. The van der Waals surface area contributed by atoms with Crippen LogP contribution >= 0.6 is 11.6 Å². The lowest BCUT2D eigenvalue weighted by Gasteiger charge is -2.20. The van der Waals surface area contributed by atoms with Crippen molar-refractivity contribution in [3.63, 3.8) is 0 Å². The fourth-order valence-corrected chi connectivity index (χ4v) is 3.35. The average Bonchev–Trinajstić information content (AvgIpc) is 3.07. The average molecular weight is 495 g/mol. The maximum absolute atomic E-state index is 12.9. The van der Waals surface area contributed by atoms with Gasteiger partial charge in [-0.05, 0) is 51.1 Å². The Morgan fingerprint density at radius 2 is 1.65 bits per heavy atom. The van der Waals surface area contributed by atoms with E-state index in [-0.39, 0.29) is 27.8 Å². The molecule has 2 aromatic carbocycles. The SMILES string of the molecule is CC(C)(C)n1nc(-c2ccc(NC(=O)Nc3cc(C(F)(F)F)ccc3Cl)cc2)c(C(N)=O)c1N. The molecule has 6 N–H and O–H groups in total. The molecule has 12 heteroatoms. The van der Waals surface area contributed by atoms with E-state index in [1.807, 2.05) is 20.8 Å². The number of primary amides is 1. The number of hydrogen-bond acceptors (Lipinski definition) is 4. The molecule has 0 unspecified atom stereocenters. The lowest BCUT2D eigenvalue weighted by atomic mass is 10.1. The number of alkyl halides is 3. The van der Waals surface area contributed by atoms with Crippen molar-refractivity contribution in [3.05, 3.63) is 58.6 Å². The Balaban J connectivity index is 1.81. The molecule has 0 atom stereocenters. The smallest absolute Gasteiger partial charge is 0.383 e. The number of halogens is 4. The number of amides is 3. The Hall–Kier alpha value is -3.73. The van der Waals surface area contributed by atoms with Gasteiger partial charge in [0.2, 0.25) is 0 Å². The van der Waals surface area contributed by atoms with Crippen LogP contribution in [0.15, 0.2) is 42.5 Å². The molecule has 1 heterocycles. The lowest BCUT2D eigenvalue weighted by Crippen LogP contribution is -2.25. The van der Waals surface area contributed by atoms with Crippen molar-refractivity contribution in [2.45, 2.75) is 32.5 Å². The van der Waals surface area contributed by atoms with Crippen LogP contribution in [-0.2, 0) is 11.7 Å². The number of rotatable bonds is 4. The first-order chi connectivity index (χ1) is 15.7. The molecule has 0 aliphatic carbocycles. The summed E-state index contributed by atoms with van der Waals surface area (Å²) in [5.74, 6) is -0.600. The maximum atomic E-state index is 12.9. The number of nitrogen functional groups attached to an aromatic ring is 1. The molecule has 34 heavy (non-hydrogen) atoms. The van der Waals surface area contributed by atoms with E-state index >= 15 is 0 Å². The minimum atomic E-state index is -4.58. The summed E-state index contributed by atoms with van der Waals surface area (Å²) in [6.07, 6.45) is -4.58. The van der Waals surface area contributed by atoms with E-state index in [1.54, 1.807) is 12.1 Å². The number of anilines is 3. The fourth-order valence-electron chi connectivity index (χ4n) is 3.18. The van der Waals surface area contributed by atoms with E-state index in [2.05, 4.69) is 15.7 Å². The van der Waals surface area contributed by atoms with E-state index in [4.69, 9.17) is 23.1 Å². The molecule has 0 fully saturated rings. The van der Waals surface area contributed by atoms with Crippen molar-refractivity contribution in [2.75, 3.05) is 16.4 Å². The molecule has 0 bridgehead atoms. The van der Waals surface area contributed by atoms with Crippen LogP contribution in [0.4, 0.5) is 35.2 Å². The Morgan fingerprint density at radius 1 is 1.03 bits per heavy atom. The molecule has 3 aromatic rings. The Labute approximate surface area is 198 Å². The van der Waals surface area contributed by atoms with Crippen molar-refractivity contribution >= 4 is 40.7 Å². The third-order valence-corrected chi connectivity index (χ3v) is 5.09. The molecule has 0 radical (unpaired) electrons. The van der Waals surface area contributed by atoms with Crippen LogP contribution in [0, 0.1) is 0 Å². The van der Waals surface area contributed by atoms with Gasteiger partial charge >= 0.3 is 12.2 Å². The van der Waals surface area contributed by atoms with Crippen molar-refractivity contribution in [2.24, 2.45) is 5.73 Å². The second-order valence-electron chi connectivity index (χ2n) is 8.40. The van der Waals surface area contributed by atoms with Gasteiger partial charge in [0.05, 0.1) is 21.8 Å². The van der Waals surface area contributed by atoms with Crippen LogP contribution in [0.5, 0.6) is 0 Å². The topological polar surface area (TPSA) is 128 Å². The summed E-state index contributed by atoms with van der Waals surface area (Å²) in [5.41, 5.74) is 11.2. The van der Waals surface area contributed by atoms with Crippen molar-refractivity contribution in [3.8, 4) is 11.3 Å². The third-order valence-electron chi connectivity index (χ3n) is 4.76. The van der Waals surface area contributed by atoms with E-state index in [1.165, 1.54) is 16.8 Å². The van der Waals surface area contributed by atoms with E-state index in [0.717, 1.165) is 18.2 Å². The number of carbonyl (C=O) groups excluding carboxylic acids is 2. The summed E-state index contributed by atoms with van der Waals surface area (Å²) < 4.78 is 40.3. The summed E-state index contributed by atoms with van der Waals surface area (Å²) in [7, 11) is 0. The summed E-state index contributed by atoms with van der Waals surface area (Å²) in [6.45, 7) is 5.60. The highest BCUT2D eigenvalue weighted by molar-refractivity contribution is 6.33. The lowest BCUT2D eigenvalue weighted by molar-refractivity contribution is -0.137. The van der Waals surface area contributed by atoms with Gasteiger partial charge in [0, 0.05) is 11.3 Å². The molecule has 0 aliphatic heterocycles. The van der Waals surface area contributed by atoms with Gasteiger partial charge in [0.1, 0.15) is 17.1 Å². The highest BCUT2D eigenvalue weighted by Gasteiger charge is 2.31. The minimum Gasteiger partial charge on any atom is -0.383 e. The summed E-state index contributed by atoms with van der Waals surface area (Å²) in [4.78, 5) is 24.3. The summed E-state index contributed by atoms with van der Waals surface area (Å²) >= 11 is 5.90. The van der Waals surface area contributed by atoms with E-state index < -0.39 is 29.2 Å². The first-order valence-electron chi connectivity index (χ1n) is 9.92. The number of nitrogens with two attached hydrogens (primary N) is 2. The van der Waals surface area contributed by atoms with Gasteiger partial charge in [-0.25, -0.2) is 9.48 Å². The first-order valence-corrected chi connectivity index (χ1v) is 10.3. The normalized spacial score (nSPS) is 11.9. The van der Waals surface area contributed by atoms with Gasteiger partial charge in [-0.15, -0.1) is 0 Å². The van der Waals surface area contributed by atoms with E-state index in [0.29, 0.717) is 11.3 Å². The zero-order valence-electron chi connectivity index (χ0n) is 18.4. The minimum absolute atomic E-state index is 0.0514. The fraction of sp³-hybridized carbons (Fsp3) is 0.227. The molecule has 3 amide bonds. The monoisotopic (exact) mass is 494 g/mol. The molecule has 0 saturated carbocycles. The Morgan fingerprint density at radius 3 is 2.18 bits per heavy atom. The molecular formula is C22H22ClF3N6O2. The zero-order valence-corrected chi connectivity index (χ0v) is 19.2. The molecule has 0 spiro atoms.